The van der Waals surface area contributed by atoms with E-state index in [1.54, 1.807) is 11.3 Å². The molecule has 1 aromatic carbocycles. The minimum absolute atomic E-state index is 0.992. The Morgan fingerprint density at radius 2 is 1.93 bits per heavy atom. The lowest BCUT2D eigenvalue weighted by molar-refractivity contribution is 1.08. The van der Waals surface area contributed by atoms with Crippen LogP contribution in [0.25, 0.3) is 21.0 Å². The van der Waals surface area contributed by atoms with Crippen LogP contribution in [0.4, 0.5) is 0 Å². The lowest BCUT2D eigenvalue weighted by atomic mass is 10.1. The van der Waals surface area contributed by atoms with E-state index in [-0.39, 0.29) is 0 Å². The molecule has 0 fully saturated rings. The molecule has 0 amide bonds. The topological polar surface area (TPSA) is 12.9 Å². The zero-order valence-electron chi connectivity index (χ0n) is 8.53. The Hall–Kier alpha value is -1.41. The molecule has 74 valence electrons. The van der Waals surface area contributed by atoms with Gasteiger partial charge in [-0.3, -0.25) is 4.98 Å². The van der Waals surface area contributed by atoms with E-state index in [1.807, 2.05) is 0 Å². The summed E-state index contributed by atoms with van der Waals surface area (Å²) in [6.07, 6.45) is 0.992. The maximum absolute atomic E-state index is 4.69. The van der Waals surface area contributed by atoms with Crippen molar-refractivity contribution in [2.75, 3.05) is 0 Å². The predicted octanol–water partition coefficient (Wildman–Crippen LogP) is 4.01. The van der Waals surface area contributed by atoms with Gasteiger partial charge in [0, 0.05) is 16.5 Å². The first-order chi connectivity index (χ1) is 7.40. The predicted molar refractivity (Wildman–Crippen MR) is 66.5 cm³/mol. The third-order valence-electron chi connectivity index (χ3n) is 2.72. The summed E-state index contributed by atoms with van der Waals surface area (Å²) < 4.78 is 1.31. The van der Waals surface area contributed by atoms with Gasteiger partial charge in [0.25, 0.3) is 0 Å². The maximum Gasteiger partial charge on any atom is 0.0819 e. The number of aromatic nitrogens is 1. The lowest BCUT2D eigenvalue weighted by Crippen LogP contribution is -1.89. The molecule has 0 atom stereocenters. The number of pyridine rings is 1. The van der Waals surface area contributed by atoms with E-state index in [2.05, 4.69) is 42.6 Å². The minimum Gasteiger partial charge on any atom is -0.251 e. The second kappa shape index (κ2) is 3.31. The minimum atomic E-state index is 0.992. The molecule has 15 heavy (non-hydrogen) atoms. The van der Waals surface area contributed by atoms with Crippen LogP contribution in [0.5, 0.6) is 0 Å². The Morgan fingerprint density at radius 3 is 2.73 bits per heavy atom. The highest BCUT2D eigenvalue weighted by Gasteiger charge is 2.06. The van der Waals surface area contributed by atoms with Gasteiger partial charge in [0.15, 0.2) is 0 Å². The quantitative estimate of drug-likeness (QED) is 0.595. The van der Waals surface area contributed by atoms with Gasteiger partial charge in [-0.25, -0.2) is 0 Å². The Kier molecular flexibility index (Phi) is 1.96. The summed E-state index contributed by atoms with van der Waals surface area (Å²) in [7, 11) is 0. The molecule has 0 unspecified atom stereocenters. The van der Waals surface area contributed by atoms with Gasteiger partial charge in [0.1, 0.15) is 0 Å². The molecule has 2 heteroatoms. The fraction of sp³-hybridized carbons (Fsp3) is 0.154. The molecule has 0 N–H and O–H groups in total. The Balaban J connectivity index is 2.58. The molecule has 0 saturated carbocycles. The summed E-state index contributed by atoms with van der Waals surface area (Å²) in [5, 5.41) is 4.76. The summed E-state index contributed by atoms with van der Waals surface area (Å²) in [6, 6.07) is 10.6. The van der Waals surface area contributed by atoms with Crippen LogP contribution >= 0.6 is 11.3 Å². The molecule has 0 aliphatic rings. The van der Waals surface area contributed by atoms with Crippen molar-refractivity contribution in [3.63, 3.8) is 0 Å². The average Bonchev–Trinajstić information content (AvgIpc) is 2.76. The lowest BCUT2D eigenvalue weighted by Gasteiger charge is -2.04. The number of nitrogens with zero attached hydrogens (tertiary/aromatic N) is 1. The van der Waals surface area contributed by atoms with Gasteiger partial charge in [-0.2, -0.15) is 0 Å². The van der Waals surface area contributed by atoms with E-state index in [9.17, 15) is 0 Å². The van der Waals surface area contributed by atoms with Crippen LogP contribution in [-0.4, -0.2) is 4.98 Å². The molecule has 2 heterocycles. The van der Waals surface area contributed by atoms with Crippen molar-refractivity contribution in [3.05, 3.63) is 41.4 Å². The molecule has 0 saturated heterocycles. The third kappa shape index (κ3) is 1.25. The van der Waals surface area contributed by atoms with Crippen molar-refractivity contribution in [2.45, 2.75) is 13.3 Å². The van der Waals surface area contributed by atoms with Crippen LogP contribution in [0.3, 0.4) is 0 Å². The SMILES string of the molecule is CCc1nc2ccsc2c2ccccc12. The molecule has 2 aromatic heterocycles. The van der Waals surface area contributed by atoms with E-state index < -0.39 is 0 Å². The van der Waals surface area contributed by atoms with Crippen molar-refractivity contribution >= 4 is 32.3 Å². The second-order valence-corrected chi connectivity index (χ2v) is 4.51. The van der Waals surface area contributed by atoms with Gasteiger partial charge < -0.3 is 0 Å². The fourth-order valence-electron chi connectivity index (χ4n) is 2.00. The fourth-order valence-corrected chi connectivity index (χ4v) is 2.87. The Morgan fingerprint density at radius 1 is 1.13 bits per heavy atom. The van der Waals surface area contributed by atoms with Gasteiger partial charge in [-0.05, 0) is 17.9 Å². The van der Waals surface area contributed by atoms with Gasteiger partial charge in [-0.1, -0.05) is 31.2 Å². The number of rotatable bonds is 1. The van der Waals surface area contributed by atoms with Gasteiger partial charge in [0.05, 0.1) is 10.2 Å². The van der Waals surface area contributed by atoms with Crippen molar-refractivity contribution in [2.24, 2.45) is 0 Å². The number of hydrogen-bond acceptors (Lipinski definition) is 2. The highest BCUT2D eigenvalue weighted by Crippen LogP contribution is 2.30. The molecular weight excluding hydrogens is 202 g/mol. The highest BCUT2D eigenvalue weighted by atomic mass is 32.1. The number of benzene rings is 1. The number of thiophene rings is 1. The van der Waals surface area contributed by atoms with Crippen LogP contribution in [-0.2, 0) is 6.42 Å². The van der Waals surface area contributed by atoms with Crippen LogP contribution < -0.4 is 0 Å². The zero-order chi connectivity index (χ0) is 10.3. The molecule has 0 bridgehead atoms. The van der Waals surface area contributed by atoms with E-state index >= 15 is 0 Å². The monoisotopic (exact) mass is 213 g/mol. The number of aryl methyl sites for hydroxylation is 1. The first-order valence-electron chi connectivity index (χ1n) is 5.15. The summed E-state index contributed by atoms with van der Waals surface area (Å²) in [5.41, 5.74) is 2.34. The smallest absolute Gasteiger partial charge is 0.0819 e. The van der Waals surface area contributed by atoms with E-state index in [0.29, 0.717) is 0 Å². The molecule has 3 aromatic rings. The van der Waals surface area contributed by atoms with Gasteiger partial charge >= 0.3 is 0 Å². The molecule has 0 aliphatic heterocycles. The summed E-state index contributed by atoms with van der Waals surface area (Å²) in [6.45, 7) is 2.16. The largest absolute Gasteiger partial charge is 0.251 e. The Bertz CT molecular complexity index is 625. The summed E-state index contributed by atoms with van der Waals surface area (Å²) in [4.78, 5) is 4.69. The molecular formula is C13H11NS. The van der Waals surface area contributed by atoms with Crippen LogP contribution in [0.15, 0.2) is 35.7 Å². The zero-order valence-corrected chi connectivity index (χ0v) is 9.34. The van der Waals surface area contributed by atoms with Gasteiger partial charge in [0.2, 0.25) is 0 Å². The first-order valence-corrected chi connectivity index (χ1v) is 6.03. The normalized spacial score (nSPS) is 11.3. The second-order valence-electron chi connectivity index (χ2n) is 3.59. The van der Waals surface area contributed by atoms with E-state index in [4.69, 9.17) is 4.98 Å². The molecule has 1 nitrogen and oxygen atoms in total. The third-order valence-corrected chi connectivity index (χ3v) is 3.65. The Labute approximate surface area is 92.4 Å². The van der Waals surface area contributed by atoms with Crippen molar-refractivity contribution in [1.29, 1.82) is 0 Å². The summed E-state index contributed by atoms with van der Waals surface area (Å²) >= 11 is 1.77. The van der Waals surface area contributed by atoms with E-state index in [1.165, 1.54) is 21.2 Å². The molecule has 3 rings (SSSR count). The van der Waals surface area contributed by atoms with Crippen LogP contribution in [0.2, 0.25) is 0 Å². The summed E-state index contributed by atoms with van der Waals surface area (Å²) in [5.74, 6) is 0. The average molecular weight is 213 g/mol. The van der Waals surface area contributed by atoms with Crippen molar-refractivity contribution in [3.8, 4) is 0 Å². The van der Waals surface area contributed by atoms with Crippen LogP contribution in [0.1, 0.15) is 12.6 Å². The molecule has 0 radical (unpaired) electrons. The maximum atomic E-state index is 4.69. The number of hydrogen-bond donors (Lipinski definition) is 0. The van der Waals surface area contributed by atoms with Crippen LogP contribution in [0, 0.1) is 0 Å². The van der Waals surface area contributed by atoms with Crippen molar-refractivity contribution < 1.29 is 0 Å². The number of fused-ring (bicyclic) bond motifs is 3. The highest BCUT2D eigenvalue weighted by molar-refractivity contribution is 7.18. The van der Waals surface area contributed by atoms with Crippen molar-refractivity contribution in [1.82, 2.24) is 4.98 Å². The molecule has 0 spiro atoms. The molecule has 0 aliphatic carbocycles. The standard InChI is InChI=1S/C13H11NS/c1-2-11-9-5-3-4-6-10(9)13-12(14-11)7-8-15-13/h3-8H,2H2,1H3. The first kappa shape index (κ1) is 8.86. The van der Waals surface area contributed by atoms with E-state index in [0.717, 1.165) is 11.9 Å². The van der Waals surface area contributed by atoms with Gasteiger partial charge in [-0.15, -0.1) is 11.3 Å².